The van der Waals surface area contributed by atoms with Crippen molar-refractivity contribution in [2.45, 2.75) is 18.2 Å². The monoisotopic (exact) mass is 595 g/mol. The van der Waals surface area contributed by atoms with Gasteiger partial charge >= 0.3 is 29.6 Å². The molecule has 39 heavy (non-hydrogen) atoms. The number of azo groups is 1. The zero-order valence-electron chi connectivity index (χ0n) is 21.0. The van der Waals surface area contributed by atoms with Gasteiger partial charge in [0.05, 0.1) is 18.5 Å². The Bertz CT molecular complexity index is 1710. The number of hydrogen-bond acceptors (Lipinski definition) is 7. The van der Waals surface area contributed by atoms with E-state index in [0.717, 1.165) is 6.07 Å². The van der Waals surface area contributed by atoms with Crippen molar-refractivity contribution in [3.8, 4) is 11.5 Å². The Labute approximate surface area is 256 Å². The molecule has 0 radical (unpaired) electrons. The van der Waals surface area contributed by atoms with Gasteiger partial charge in [0.2, 0.25) is 0 Å². The number of carbonyl (C=O) groups excluding carboxylic acids is 1. The van der Waals surface area contributed by atoms with Crippen LogP contribution in [0.3, 0.4) is 0 Å². The second-order valence-electron chi connectivity index (χ2n) is 8.09. The van der Waals surface area contributed by atoms with Gasteiger partial charge in [0, 0.05) is 38.3 Å². The van der Waals surface area contributed by atoms with Gasteiger partial charge in [0.25, 0.3) is 16.0 Å². The largest absolute Gasteiger partial charge is 1.00 e. The maximum atomic E-state index is 13.4. The summed E-state index contributed by atoms with van der Waals surface area (Å²) in [5.74, 6) is -0.984. The third-order valence-electron chi connectivity index (χ3n) is 5.62. The second kappa shape index (κ2) is 12.6. The summed E-state index contributed by atoms with van der Waals surface area (Å²) in [6, 6.07) is 15.3. The van der Waals surface area contributed by atoms with Gasteiger partial charge in [0.1, 0.15) is 10.6 Å². The molecule has 0 aliphatic carbocycles. The fourth-order valence-corrected chi connectivity index (χ4v) is 5.24. The van der Waals surface area contributed by atoms with Gasteiger partial charge in [-0.15, -0.1) is 0 Å². The van der Waals surface area contributed by atoms with Crippen LogP contribution in [0.25, 0.3) is 10.8 Å². The first-order chi connectivity index (χ1) is 18.0. The van der Waals surface area contributed by atoms with Crippen LogP contribution in [0.15, 0.2) is 75.8 Å². The van der Waals surface area contributed by atoms with E-state index in [2.05, 4.69) is 15.5 Å². The number of nitrogens with one attached hydrogen (secondary N) is 1. The number of benzene rings is 4. The minimum Gasteiger partial charge on any atom is -0.870 e. The summed E-state index contributed by atoms with van der Waals surface area (Å²) in [7, 11) is -3.14. The molecule has 0 aliphatic heterocycles. The van der Waals surface area contributed by atoms with Crippen LogP contribution in [-0.4, -0.2) is 26.0 Å². The average molecular weight is 596 g/mol. The van der Waals surface area contributed by atoms with E-state index in [1.165, 1.54) is 25.3 Å². The minimum absolute atomic E-state index is 0. The van der Waals surface area contributed by atoms with E-state index < -0.39 is 26.7 Å². The van der Waals surface area contributed by atoms with E-state index in [1.807, 2.05) is 0 Å². The summed E-state index contributed by atoms with van der Waals surface area (Å²) < 4.78 is 38.5. The van der Waals surface area contributed by atoms with Crippen molar-refractivity contribution in [2.24, 2.45) is 10.2 Å². The molecule has 0 aromatic heterocycles. The molecule has 0 unspecified atom stereocenters. The van der Waals surface area contributed by atoms with E-state index in [0.29, 0.717) is 27.2 Å². The summed E-state index contributed by atoms with van der Waals surface area (Å²) >= 11 is 12.1. The van der Waals surface area contributed by atoms with Crippen molar-refractivity contribution >= 4 is 67.1 Å². The van der Waals surface area contributed by atoms with Crippen molar-refractivity contribution in [1.82, 2.24) is 0 Å². The minimum atomic E-state index is -4.59. The van der Waals surface area contributed by atoms with Crippen LogP contribution >= 0.6 is 23.2 Å². The maximum absolute atomic E-state index is 13.4. The molecule has 1 amide bonds. The third-order valence-corrected chi connectivity index (χ3v) is 6.98. The molecule has 0 aliphatic rings. The molecule has 0 bridgehead atoms. The van der Waals surface area contributed by atoms with Gasteiger partial charge < -0.3 is 15.2 Å². The number of hydrogen-bond donors (Lipinski definition) is 2. The van der Waals surface area contributed by atoms with Crippen LogP contribution in [0, 0.1) is 0 Å². The molecule has 4 rings (SSSR count). The van der Waals surface area contributed by atoms with Gasteiger partial charge in [-0.3, -0.25) is 9.35 Å². The zero-order valence-corrected chi connectivity index (χ0v) is 25.4. The predicted molar refractivity (Wildman–Crippen MR) is 144 cm³/mol. The summed E-state index contributed by atoms with van der Waals surface area (Å²) in [5.41, 5.74) is 0.210. The van der Waals surface area contributed by atoms with Crippen LogP contribution in [0.4, 0.5) is 17.1 Å². The third kappa shape index (κ3) is 6.90. The Morgan fingerprint density at radius 3 is 2.41 bits per heavy atom. The predicted octanol–water partition coefficient (Wildman–Crippen LogP) is 3.71. The molecule has 0 spiro atoms. The Kier molecular flexibility index (Phi) is 10.0. The number of amides is 1. The number of fused-ring (bicyclic) bond motifs is 1. The molecule has 0 fully saturated rings. The first-order valence-corrected chi connectivity index (χ1v) is 13.3. The molecule has 0 saturated carbocycles. The van der Waals surface area contributed by atoms with Gasteiger partial charge in [-0.25, -0.2) is 0 Å². The van der Waals surface area contributed by atoms with Gasteiger partial charge in [-0.2, -0.15) is 18.6 Å². The van der Waals surface area contributed by atoms with E-state index in [9.17, 15) is 22.9 Å². The number of nitrogens with zero attached hydrogens (tertiary/aromatic N) is 2. The summed E-state index contributed by atoms with van der Waals surface area (Å²) in [5, 5.41) is 25.6. The summed E-state index contributed by atoms with van der Waals surface area (Å²) in [6.07, 6.45) is 0.178. The fourth-order valence-electron chi connectivity index (χ4n) is 3.91. The topological polar surface area (TPSA) is 140 Å². The van der Waals surface area contributed by atoms with Crippen molar-refractivity contribution in [3.63, 3.8) is 0 Å². The van der Waals surface area contributed by atoms with E-state index in [-0.39, 0.29) is 63.5 Å². The maximum Gasteiger partial charge on any atom is 1.00 e. The molecular weight excluding hydrogens is 576 g/mol. The second-order valence-corrected chi connectivity index (χ2v) is 10.3. The molecule has 13 heteroatoms. The molecule has 196 valence electrons. The van der Waals surface area contributed by atoms with E-state index >= 15 is 0 Å². The summed E-state index contributed by atoms with van der Waals surface area (Å²) in [4.78, 5) is 12.7. The SMILES string of the molecule is CCc1c(N=Nc2c([O-])c(C(=O)Nc3cc(Cl)cc(OC)c3)cc3ccccc23)cc(Cl)cc1S(=O)(=O)O.[Na+]. The first kappa shape index (κ1) is 30.8. The molecule has 0 saturated heterocycles. The van der Waals surface area contributed by atoms with Crippen molar-refractivity contribution in [3.05, 3.63) is 81.8 Å². The Morgan fingerprint density at radius 1 is 1.05 bits per heavy atom. The number of anilines is 1. The van der Waals surface area contributed by atoms with Gasteiger partial charge in [0.15, 0.2) is 0 Å². The molecule has 4 aromatic carbocycles. The van der Waals surface area contributed by atoms with Gasteiger partial charge in [-0.1, -0.05) is 60.1 Å². The quantitative estimate of drug-likeness (QED) is 0.189. The zero-order chi connectivity index (χ0) is 27.6. The van der Waals surface area contributed by atoms with Crippen LogP contribution < -0.4 is 44.7 Å². The van der Waals surface area contributed by atoms with E-state index in [1.54, 1.807) is 43.3 Å². The van der Waals surface area contributed by atoms with Crippen LogP contribution in [0.1, 0.15) is 22.8 Å². The van der Waals surface area contributed by atoms with Crippen molar-refractivity contribution < 1.29 is 57.2 Å². The number of halogens is 2. The molecule has 0 atom stereocenters. The molecular formula is C26H20Cl2N3NaO6S. The Hall–Kier alpha value is -2.70. The smallest absolute Gasteiger partial charge is 0.870 e. The number of methoxy groups -OCH3 is 1. The molecule has 0 heterocycles. The number of rotatable bonds is 7. The Morgan fingerprint density at radius 2 is 1.74 bits per heavy atom. The fraction of sp³-hybridized carbons (Fsp3) is 0.115. The number of carbonyl (C=O) groups is 1. The van der Waals surface area contributed by atoms with Crippen LogP contribution in [-0.2, 0) is 16.5 Å². The van der Waals surface area contributed by atoms with E-state index in [4.69, 9.17) is 27.9 Å². The molecule has 4 aromatic rings. The standard InChI is InChI=1S/C26H21Cl2N3O6S.Na/c1-3-19-22(11-16(28)12-23(19)38(34,35)36)30-31-24-20-7-5-4-6-14(20)8-21(25(24)32)26(33)29-17-9-15(27)10-18(13-17)37-2;/h4-13,32H,3H2,1-2H3,(H,29,33)(H,34,35,36);/q;+1/p-1. The first-order valence-electron chi connectivity index (χ1n) is 11.1. The number of ether oxygens (including phenoxy) is 1. The van der Waals surface area contributed by atoms with Crippen molar-refractivity contribution in [1.29, 1.82) is 0 Å². The summed E-state index contributed by atoms with van der Waals surface area (Å²) in [6.45, 7) is 1.67. The van der Waals surface area contributed by atoms with Gasteiger partial charge in [-0.05, 0) is 42.1 Å². The molecule has 9 nitrogen and oxygen atoms in total. The van der Waals surface area contributed by atoms with Crippen LogP contribution in [0.2, 0.25) is 10.0 Å². The Balaban J connectivity index is 0.00000420. The average Bonchev–Trinajstić information content (AvgIpc) is 2.86. The van der Waals surface area contributed by atoms with Crippen LogP contribution in [0.5, 0.6) is 11.5 Å². The molecule has 2 N–H and O–H groups in total. The normalized spacial score (nSPS) is 11.4. The van der Waals surface area contributed by atoms with Crippen molar-refractivity contribution in [2.75, 3.05) is 12.4 Å².